The molecular formula is C18H30IN7O3S. The van der Waals surface area contributed by atoms with Gasteiger partial charge in [0.1, 0.15) is 5.82 Å². The molecule has 3 heterocycles. The summed E-state index contributed by atoms with van der Waals surface area (Å²) in [4.78, 5) is 8.67. The molecule has 2 aromatic heterocycles. The minimum atomic E-state index is -3.11. The summed E-state index contributed by atoms with van der Waals surface area (Å²) >= 11 is 0. The number of nitrogens with one attached hydrogen (secondary N) is 3. The number of guanidine groups is 1. The smallest absolute Gasteiger partial charge is 0.216 e. The third kappa shape index (κ3) is 6.67. The number of aromatic amines is 1. The van der Waals surface area contributed by atoms with E-state index in [1.54, 1.807) is 23.7 Å². The Morgan fingerprint density at radius 2 is 2.17 bits per heavy atom. The molecule has 1 aliphatic heterocycles. The van der Waals surface area contributed by atoms with Gasteiger partial charge in [-0.25, -0.2) is 17.7 Å². The Kier molecular flexibility index (Phi) is 9.55. The van der Waals surface area contributed by atoms with Gasteiger partial charge in [-0.15, -0.1) is 24.0 Å². The van der Waals surface area contributed by atoms with E-state index >= 15 is 0 Å². The number of H-pyrrole nitrogens is 1. The number of rotatable bonds is 8. The first-order valence-corrected chi connectivity index (χ1v) is 11.5. The van der Waals surface area contributed by atoms with Crippen molar-refractivity contribution >= 4 is 40.0 Å². The van der Waals surface area contributed by atoms with Gasteiger partial charge in [-0.05, 0) is 31.4 Å². The van der Waals surface area contributed by atoms with Crippen LogP contribution in [0.1, 0.15) is 32.0 Å². The lowest BCUT2D eigenvalue weighted by Crippen LogP contribution is -2.50. The second-order valence-electron chi connectivity index (χ2n) is 6.97. The zero-order valence-corrected chi connectivity index (χ0v) is 20.4. The van der Waals surface area contributed by atoms with E-state index in [4.69, 9.17) is 4.42 Å². The van der Waals surface area contributed by atoms with E-state index in [2.05, 4.69) is 30.8 Å². The van der Waals surface area contributed by atoms with Gasteiger partial charge in [0, 0.05) is 39.1 Å². The molecule has 0 bridgehead atoms. The lowest BCUT2D eigenvalue weighted by atomic mass is 10.1. The Balaban J connectivity index is 0.00000320. The standard InChI is InChI=1S/C18H29N7O3S.HI/c1-3-13-29(26,27)25-10-7-14(8-11-25)21-18(19-2)20-9-6-16-22-17(24-23-16)15-5-4-12-28-15;/h4-5,12,14H,3,6-11,13H2,1-2H3,(H2,19,20,21)(H,22,23,24);1H. The van der Waals surface area contributed by atoms with Crippen molar-refractivity contribution in [2.45, 2.75) is 38.6 Å². The monoisotopic (exact) mass is 551 g/mol. The minimum Gasteiger partial charge on any atom is -0.461 e. The SMILES string of the molecule is CCCS(=O)(=O)N1CCC(NC(=NC)NCCc2nc(-c3ccco3)n[nH]2)CC1.I. The largest absolute Gasteiger partial charge is 0.461 e. The molecule has 3 N–H and O–H groups in total. The highest BCUT2D eigenvalue weighted by Crippen LogP contribution is 2.15. The van der Waals surface area contributed by atoms with Gasteiger partial charge in [-0.3, -0.25) is 10.1 Å². The number of sulfonamides is 1. The average Bonchev–Trinajstić information content (AvgIpc) is 3.39. The lowest BCUT2D eigenvalue weighted by molar-refractivity contribution is 0.306. The van der Waals surface area contributed by atoms with Crippen LogP contribution in [-0.4, -0.2) is 72.3 Å². The zero-order chi connectivity index (χ0) is 20.7. The fourth-order valence-corrected chi connectivity index (χ4v) is 4.82. The summed E-state index contributed by atoms with van der Waals surface area (Å²) in [5, 5.41) is 13.7. The van der Waals surface area contributed by atoms with Crippen LogP contribution < -0.4 is 10.6 Å². The minimum absolute atomic E-state index is 0. The first-order valence-electron chi connectivity index (χ1n) is 9.92. The third-order valence-electron chi connectivity index (χ3n) is 4.80. The molecule has 0 amide bonds. The molecule has 0 aromatic carbocycles. The van der Waals surface area contributed by atoms with Crippen LogP contribution in [0.2, 0.25) is 0 Å². The molecule has 1 fully saturated rings. The number of furan rings is 1. The van der Waals surface area contributed by atoms with Crippen LogP contribution in [0.25, 0.3) is 11.6 Å². The van der Waals surface area contributed by atoms with E-state index in [0.29, 0.717) is 50.0 Å². The molecule has 0 radical (unpaired) electrons. The number of hydrogen-bond donors (Lipinski definition) is 3. The number of nitrogens with zero attached hydrogens (tertiary/aromatic N) is 4. The predicted octanol–water partition coefficient (Wildman–Crippen LogP) is 1.59. The van der Waals surface area contributed by atoms with E-state index in [-0.39, 0.29) is 35.8 Å². The molecule has 0 spiro atoms. The van der Waals surface area contributed by atoms with Crippen LogP contribution in [0, 0.1) is 0 Å². The maximum Gasteiger partial charge on any atom is 0.216 e. The Labute approximate surface area is 194 Å². The molecule has 10 nitrogen and oxygen atoms in total. The van der Waals surface area contributed by atoms with Crippen molar-refractivity contribution in [3.8, 4) is 11.6 Å². The van der Waals surface area contributed by atoms with Crippen LogP contribution in [-0.2, 0) is 16.4 Å². The maximum absolute atomic E-state index is 12.2. The van der Waals surface area contributed by atoms with Crippen molar-refractivity contribution in [1.82, 2.24) is 30.1 Å². The maximum atomic E-state index is 12.2. The summed E-state index contributed by atoms with van der Waals surface area (Å²) in [6.45, 7) is 3.61. The number of piperidine rings is 1. The fourth-order valence-electron chi connectivity index (χ4n) is 3.28. The number of aromatic nitrogens is 3. The van der Waals surface area contributed by atoms with E-state index < -0.39 is 10.0 Å². The highest BCUT2D eigenvalue weighted by Gasteiger charge is 2.27. The molecule has 168 valence electrons. The van der Waals surface area contributed by atoms with Crippen molar-refractivity contribution < 1.29 is 12.8 Å². The van der Waals surface area contributed by atoms with Crippen molar-refractivity contribution in [2.75, 3.05) is 32.4 Å². The van der Waals surface area contributed by atoms with E-state index in [9.17, 15) is 8.42 Å². The van der Waals surface area contributed by atoms with Crippen LogP contribution in [0.15, 0.2) is 27.8 Å². The summed E-state index contributed by atoms with van der Waals surface area (Å²) < 4.78 is 31.2. The van der Waals surface area contributed by atoms with Gasteiger partial charge in [-0.2, -0.15) is 5.10 Å². The highest BCUT2D eigenvalue weighted by molar-refractivity contribution is 14.0. The second kappa shape index (κ2) is 11.6. The van der Waals surface area contributed by atoms with E-state index in [0.717, 1.165) is 18.7 Å². The molecule has 1 saturated heterocycles. The second-order valence-corrected chi connectivity index (χ2v) is 9.05. The lowest BCUT2D eigenvalue weighted by Gasteiger charge is -2.32. The van der Waals surface area contributed by atoms with Crippen LogP contribution in [0.4, 0.5) is 0 Å². The Bertz CT molecular complexity index is 891. The summed E-state index contributed by atoms with van der Waals surface area (Å²) in [5.74, 6) is 2.85. The molecule has 12 heteroatoms. The summed E-state index contributed by atoms with van der Waals surface area (Å²) in [7, 11) is -1.39. The molecule has 0 unspecified atom stereocenters. The third-order valence-corrected chi connectivity index (χ3v) is 6.88. The first-order chi connectivity index (χ1) is 14.0. The number of halogens is 1. The summed E-state index contributed by atoms with van der Waals surface area (Å²) in [6, 6.07) is 3.81. The van der Waals surface area contributed by atoms with E-state index in [1.165, 1.54) is 0 Å². The van der Waals surface area contributed by atoms with Gasteiger partial charge < -0.3 is 15.1 Å². The zero-order valence-electron chi connectivity index (χ0n) is 17.3. The van der Waals surface area contributed by atoms with Gasteiger partial charge in [0.2, 0.25) is 15.8 Å². The van der Waals surface area contributed by atoms with E-state index in [1.807, 2.05) is 13.0 Å². The van der Waals surface area contributed by atoms with Crippen molar-refractivity contribution in [3.05, 3.63) is 24.2 Å². The average molecular weight is 551 g/mol. The molecule has 1 aliphatic rings. The van der Waals surface area contributed by atoms with Crippen molar-refractivity contribution in [3.63, 3.8) is 0 Å². The fraction of sp³-hybridized carbons (Fsp3) is 0.611. The van der Waals surface area contributed by atoms with Gasteiger partial charge >= 0.3 is 0 Å². The Hall–Kier alpha value is -1.67. The Morgan fingerprint density at radius 1 is 1.40 bits per heavy atom. The molecule has 2 aromatic rings. The predicted molar refractivity (Wildman–Crippen MR) is 126 cm³/mol. The van der Waals surface area contributed by atoms with Crippen LogP contribution in [0.3, 0.4) is 0 Å². The van der Waals surface area contributed by atoms with Gasteiger partial charge in [0.25, 0.3) is 0 Å². The molecule has 0 saturated carbocycles. The topological polar surface area (TPSA) is 129 Å². The molecular weight excluding hydrogens is 521 g/mol. The highest BCUT2D eigenvalue weighted by atomic mass is 127. The summed E-state index contributed by atoms with van der Waals surface area (Å²) in [6.07, 6.45) is 4.41. The van der Waals surface area contributed by atoms with Gasteiger partial charge in [0.15, 0.2) is 11.7 Å². The molecule has 30 heavy (non-hydrogen) atoms. The summed E-state index contributed by atoms with van der Waals surface area (Å²) in [5.41, 5.74) is 0. The van der Waals surface area contributed by atoms with Gasteiger partial charge in [0.05, 0.1) is 12.0 Å². The quantitative estimate of drug-likeness (QED) is 0.258. The normalized spacial score (nSPS) is 16.3. The van der Waals surface area contributed by atoms with Gasteiger partial charge in [-0.1, -0.05) is 6.92 Å². The molecule has 3 rings (SSSR count). The van der Waals surface area contributed by atoms with Crippen LogP contribution in [0.5, 0.6) is 0 Å². The number of aliphatic imine (C=N–C) groups is 1. The number of hydrogen-bond acceptors (Lipinski definition) is 6. The Morgan fingerprint density at radius 3 is 2.80 bits per heavy atom. The molecule has 0 aliphatic carbocycles. The van der Waals surface area contributed by atoms with Crippen molar-refractivity contribution in [2.24, 2.45) is 4.99 Å². The van der Waals surface area contributed by atoms with Crippen molar-refractivity contribution in [1.29, 1.82) is 0 Å². The molecule has 0 atom stereocenters. The van der Waals surface area contributed by atoms with Crippen LogP contribution >= 0.6 is 24.0 Å². The first kappa shape index (κ1) is 24.6.